The molecule has 0 atom stereocenters. The summed E-state index contributed by atoms with van der Waals surface area (Å²) in [6.07, 6.45) is 3.33. The van der Waals surface area contributed by atoms with E-state index in [4.69, 9.17) is 18.9 Å². The van der Waals surface area contributed by atoms with Gasteiger partial charge in [-0.15, -0.1) is 0 Å². The van der Waals surface area contributed by atoms with E-state index in [0.717, 1.165) is 58.9 Å². The van der Waals surface area contributed by atoms with Crippen LogP contribution in [-0.2, 0) is 18.9 Å². The molecule has 0 heterocycles. The Morgan fingerprint density at radius 2 is 0.800 bits per heavy atom. The second-order valence-corrected chi connectivity index (χ2v) is 3.91. The van der Waals surface area contributed by atoms with E-state index in [-0.39, 0.29) is 0 Å². The van der Waals surface area contributed by atoms with Gasteiger partial charge in [0.1, 0.15) is 6.79 Å². The van der Waals surface area contributed by atoms with Crippen molar-refractivity contribution >= 4 is 0 Å². The van der Waals surface area contributed by atoms with Crippen molar-refractivity contribution in [3.05, 3.63) is 0 Å². The molecule has 4 nitrogen and oxygen atoms in total. The third-order valence-electron chi connectivity index (χ3n) is 1.82. The molecular weight excluding hydrogens is 256 g/mol. The predicted molar refractivity (Wildman–Crippen MR) is 86.3 cm³/mol. The number of hydrogen-bond donors (Lipinski definition) is 0. The van der Waals surface area contributed by atoms with Gasteiger partial charge < -0.3 is 18.9 Å². The summed E-state index contributed by atoms with van der Waals surface area (Å²) in [7, 11) is 0. The van der Waals surface area contributed by atoms with Crippen LogP contribution in [0.25, 0.3) is 0 Å². The second kappa shape index (κ2) is 31.3. The zero-order valence-corrected chi connectivity index (χ0v) is 14.7. The highest BCUT2D eigenvalue weighted by atomic mass is 16.7. The van der Waals surface area contributed by atoms with Gasteiger partial charge in [-0.25, -0.2) is 0 Å². The molecule has 0 aromatic carbocycles. The summed E-state index contributed by atoms with van der Waals surface area (Å²) < 4.78 is 19.9. The van der Waals surface area contributed by atoms with Crippen molar-refractivity contribution in [2.24, 2.45) is 0 Å². The van der Waals surface area contributed by atoms with Gasteiger partial charge in [0.05, 0.1) is 0 Å². The maximum absolute atomic E-state index is 5.00. The van der Waals surface area contributed by atoms with E-state index in [0.29, 0.717) is 6.79 Å². The van der Waals surface area contributed by atoms with Crippen LogP contribution in [0.4, 0.5) is 0 Å². The van der Waals surface area contributed by atoms with Crippen LogP contribution < -0.4 is 0 Å². The Bertz CT molecular complexity index is 99.0. The van der Waals surface area contributed by atoms with Gasteiger partial charge in [0.15, 0.2) is 0 Å². The molecule has 0 aliphatic heterocycles. The van der Waals surface area contributed by atoms with Crippen LogP contribution in [-0.4, -0.2) is 46.4 Å². The molecule has 0 spiro atoms. The summed E-state index contributed by atoms with van der Waals surface area (Å²) >= 11 is 0. The lowest BCUT2D eigenvalue weighted by Gasteiger charge is -1.99. The van der Waals surface area contributed by atoms with E-state index < -0.39 is 0 Å². The lowest BCUT2D eigenvalue weighted by atomic mass is 10.5. The Balaban J connectivity index is -0.000000221. The van der Waals surface area contributed by atoms with Crippen molar-refractivity contribution in [1.29, 1.82) is 0 Å². The lowest BCUT2D eigenvalue weighted by molar-refractivity contribution is -0.0489. The van der Waals surface area contributed by atoms with Crippen LogP contribution in [0.3, 0.4) is 0 Å². The number of hydrogen-bond acceptors (Lipinski definition) is 4. The molecule has 20 heavy (non-hydrogen) atoms. The molecule has 0 aliphatic rings. The van der Waals surface area contributed by atoms with Gasteiger partial charge in [0, 0.05) is 39.6 Å². The fourth-order valence-electron chi connectivity index (χ4n) is 0.923. The summed E-state index contributed by atoms with van der Waals surface area (Å²) in [4.78, 5) is 0. The molecule has 0 amide bonds. The molecule has 0 rings (SSSR count). The maximum atomic E-state index is 5.00. The van der Waals surface area contributed by atoms with Crippen LogP contribution in [0.5, 0.6) is 0 Å². The van der Waals surface area contributed by atoms with Gasteiger partial charge in [-0.1, -0.05) is 20.8 Å². The minimum absolute atomic E-state index is 0.449. The van der Waals surface area contributed by atoms with Crippen molar-refractivity contribution in [3.8, 4) is 0 Å². The molecule has 0 aliphatic carbocycles. The van der Waals surface area contributed by atoms with E-state index in [9.17, 15) is 0 Å². The van der Waals surface area contributed by atoms with Gasteiger partial charge in [-0.05, 0) is 40.0 Å². The Morgan fingerprint density at radius 1 is 0.450 bits per heavy atom. The summed E-state index contributed by atoms with van der Waals surface area (Å²) in [5, 5.41) is 0. The van der Waals surface area contributed by atoms with E-state index in [2.05, 4.69) is 20.8 Å². The van der Waals surface area contributed by atoms with Crippen molar-refractivity contribution < 1.29 is 18.9 Å². The third kappa shape index (κ3) is 43.1. The predicted octanol–water partition coefficient (Wildman–Crippen LogP) is 4.27. The van der Waals surface area contributed by atoms with Gasteiger partial charge >= 0.3 is 0 Å². The normalized spacial score (nSPS) is 9.30. The molecule has 0 aromatic rings. The minimum atomic E-state index is 0.449. The monoisotopic (exact) mass is 294 g/mol. The minimum Gasteiger partial charge on any atom is -0.382 e. The SMILES string of the molecule is CCCOCC.CCCOCC.CCCOCOCC. The zero-order valence-electron chi connectivity index (χ0n) is 14.7. The molecule has 0 bridgehead atoms. The smallest absolute Gasteiger partial charge is 0.146 e. The zero-order chi connectivity index (χ0) is 15.9. The molecule has 0 unspecified atom stereocenters. The number of rotatable bonds is 11. The average Bonchev–Trinajstić information content (AvgIpc) is 2.49. The molecule has 0 radical (unpaired) electrons. The second-order valence-electron chi connectivity index (χ2n) is 3.91. The molecule has 0 saturated heterocycles. The summed E-state index contributed by atoms with van der Waals surface area (Å²) in [5.41, 5.74) is 0. The largest absolute Gasteiger partial charge is 0.382 e. The highest BCUT2D eigenvalue weighted by Gasteiger charge is 1.80. The van der Waals surface area contributed by atoms with Crippen LogP contribution in [0.1, 0.15) is 60.8 Å². The highest BCUT2D eigenvalue weighted by Crippen LogP contribution is 1.80. The molecule has 0 saturated carbocycles. The Labute approximate surface area is 127 Å². The van der Waals surface area contributed by atoms with Gasteiger partial charge in [-0.3, -0.25) is 0 Å². The standard InChI is InChI=1S/C6H14O2.2C5H12O/c1-3-5-8-6-7-4-2;2*1-3-5-6-4-2/h3-6H2,1-2H3;2*3-5H2,1-2H3. The first-order valence-electron chi connectivity index (χ1n) is 8.05. The van der Waals surface area contributed by atoms with Crippen LogP contribution >= 0.6 is 0 Å². The van der Waals surface area contributed by atoms with E-state index in [1.165, 1.54) is 0 Å². The highest BCUT2D eigenvalue weighted by molar-refractivity contribution is 4.20. The summed E-state index contributed by atoms with van der Waals surface area (Å²) in [6.45, 7) is 17.8. The molecule has 0 aromatic heterocycles. The van der Waals surface area contributed by atoms with Crippen LogP contribution in [0.15, 0.2) is 0 Å². The third-order valence-corrected chi connectivity index (χ3v) is 1.82. The maximum Gasteiger partial charge on any atom is 0.146 e. The first-order chi connectivity index (χ1) is 9.74. The molecule has 126 valence electrons. The fourth-order valence-corrected chi connectivity index (χ4v) is 0.923. The number of ether oxygens (including phenoxy) is 4. The first kappa shape index (κ1) is 24.8. The van der Waals surface area contributed by atoms with E-state index >= 15 is 0 Å². The summed E-state index contributed by atoms with van der Waals surface area (Å²) in [6, 6.07) is 0. The van der Waals surface area contributed by atoms with Gasteiger partial charge in [0.25, 0.3) is 0 Å². The topological polar surface area (TPSA) is 36.9 Å². The van der Waals surface area contributed by atoms with Crippen molar-refractivity contribution in [2.75, 3.05) is 46.4 Å². The quantitative estimate of drug-likeness (QED) is 0.421. The summed E-state index contributed by atoms with van der Waals surface area (Å²) in [5.74, 6) is 0. The molecular formula is C16H38O4. The Kier molecular flexibility index (Phi) is 38.9. The molecule has 0 fully saturated rings. The lowest BCUT2D eigenvalue weighted by Crippen LogP contribution is -1.99. The van der Waals surface area contributed by atoms with Crippen molar-refractivity contribution in [3.63, 3.8) is 0 Å². The van der Waals surface area contributed by atoms with Crippen molar-refractivity contribution in [2.45, 2.75) is 60.8 Å². The van der Waals surface area contributed by atoms with Gasteiger partial charge in [0.2, 0.25) is 0 Å². The van der Waals surface area contributed by atoms with Gasteiger partial charge in [-0.2, -0.15) is 0 Å². The Morgan fingerprint density at radius 3 is 1.05 bits per heavy atom. The fraction of sp³-hybridized carbons (Fsp3) is 1.00. The van der Waals surface area contributed by atoms with E-state index in [1.54, 1.807) is 0 Å². The molecule has 0 N–H and O–H groups in total. The average molecular weight is 294 g/mol. The molecule has 4 heteroatoms. The Hall–Kier alpha value is -0.160. The van der Waals surface area contributed by atoms with Crippen LogP contribution in [0.2, 0.25) is 0 Å². The van der Waals surface area contributed by atoms with Crippen LogP contribution in [0, 0.1) is 0 Å². The van der Waals surface area contributed by atoms with Crippen molar-refractivity contribution in [1.82, 2.24) is 0 Å². The first-order valence-corrected chi connectivity index (χ1v) is 8.05. The van der Waals surface area contributed by atoms with E-state index in [1.807, 2.05) is 20.8 Å².